The van der Waals surface area contributed by atoms with Crippen molar-refractivity contribution in [1.82, 2.24) is 4.72 Å². The average Bonchev–Trinajstić information content (AvgIpc) is 2.47. The molecule has 2 aromatic rings. The molecule has 122 valence electrons. The number of Topliss-reactive ketones (excluding diaryl/α,β-unsaturated/α-hetero) is 1. The number of carbonyl (C=O) groups excluding carboxylic acids is 1. The Morgan fingerprint density at radius 3 is 2.22 bits per heavy atom. The molecule has 0 amide bonds. The van der Waals surface area contributed by atoms with Crippen LogP contribution >= 0.6 is 0 Å². The summed E-state index contributed by atoms with van der Waals surface area (Å²) in [5, 5.41) is 0. The molecule has 23 heavy (non-hydrogen) atoms. The number of hydrogen-bond donors (Lipinski definition) is 1. The zero-order valence-corrected chi connectivity index (χ0v) is 13.7. The lowest BCUT2D eigenvalue weighted by Crippen LogP contribution is -2.34. The van der Waals surface area contributed by atoms with Crippen LogP contribution in [0.2, 0.25) is 0 Å². The third kappa shape index (κ3) is 4.71. The van der Waals surface area contributed by atoms with E-state index in [9.17, 15) is 17.6 Å². The molecule has 2 aromatic carbocycles. The number of halogens is 1. The molecule has 1 atom stereocenters. The molecule has 4 nitrogen and oxygen atoms in total. The predicted molar refractivity (Wildman–Crippen MR) is 86.3 cm³/mol. The third-order valence-corrected chi connectivity index (χ3v) is 4.95. The topological polar surface area (TPSA) is 63.2 Å². The summed E-state index contributed by atoms with van der Waals surface area (Å²) in [6.07, 6.45) is -0.00325. The summed E-state index contributed by atoms with van der Waals surface area (Å²) in [7, 11) is -3.67. The summed E-state index contributed by atoms with van der Waals surface area (Å²) >= 11 is 0. The fourth-order valence-electron chi connectivity index (χ4n) is 2.12. The summed E-state index contributed by atoms with van der Waals surface area (Å²) in [6.45, 7) is 3.49. The molecule has 0 aliphatic carbocycles. The molecule has 0 heterocycles. The number of sulfonamides is 1. The number of rotatable bonds is 6. The van der Waals surface area contributed by atoms with E-state index in [2.05, 4.69) is 4.72 Å². The highest BCUT2D eigenvalue weighted by molar-refractivity contribution is 7.89. The van der Waals surface area contributed by atoms with Crippen molar-refractivity contribution < 1.29 is 17.6 Å². The minimum atomic E-state index is -3.67. The van der Waals surface area contributed by atoms with E-state index in [4.69, 9.17) is 0 Å². The Hall–Kier alpha value is -2.05. The summed E-state index contributed by atoms with van der Waals surface area (Å²) in [5.74, 6) is -0.668. The Kier molecular flexibility index (Phi) is 5.28. The maximum atomic E-state index is 12.8. The molecular weight excluding hydrogens is 317 g/mol. The van der Waals surface area contributed by atoms with Crippen LogP contribution in [0.5, 0.6) is 0 Å². The first-order chi connectivity index (χ1) is 10.8. The van der Waals surface area contributed by atoms with Crippen molar-refractivity contribution in [3.8, 4) is 0 Å². The fraction of sp³-hybridized carbons (Fsp3) is 0.235. The Bertz CT molecular complexity index is 784. The van der Waals surface area contributed by atoms with E-state index < -0.39 is 21.9 Å². The molecule has 0 saturated carbocycles. The van der Waals surface area contributed by atoms with Crippen LogP contribution in [0.1, 0.15) is 29.3 Å². The number of nitrogens with one attached hydrogen (secondary N) is 1. The Morgan fingerprint density at radius 1 is 1.09 bits per heavy atom. The van der Waals surface area contributed by atoms with Gasteiger partial charge in [0.05, 0.1) is 4.90 Å². The van der Waals surface area contributed by atoms with E-state index in [1.807, 2.05) is 6.92 Å². The van der Waals surface area contributed by atoms with Gasteiger partial charge in [0.1, 0.15) is 5.82 Å². The van der Waals surface area contributed by atoms with Gasteiger partial charge in [-0.25, -0.2) is 17.5 Å². The van der Waals surface area contributed by atoms with Gasteiger partial charge in [-0.05, 0) is 50.2 Å². The summed E-state index contributed by atoms with van der Waals surface area (Å²) in [6, 6.07) is 11.1. The predicted octanol–water partition coefficient (Wildman–Crippen LogP) is 3.07. The molecule has 0 saturated heterocycles. The van der Waals surface area contributed by atoms with Crippen LogP contribution in [-0.2, 0) is 10.0 Å². The van der Waals surface area contributed by atoms with Crippen molar-refractivity contribution in [3.05, 3.63) is 65.5 Å². The smallest absolute Gasteiger partial charge is 0.240 e. The minimum absolute atomic E-state index is 0.00325. The molecule has 0 aromatic heterocycles. The molecule has 0 fully saturated rings. The lowest BCUT2D eigenvalue weighted by Gasteiger charge is -2.14. The normalized spacial score (nSPS) is 12.8. The van der Waals surface area contributed by atoms with Crippen LogP contribution in [0.15, 0.2) is 53.4 Å². The van der Waals surface area contributed by atoms with Gasteiger partial charge in [-0.3, -0.25) is 4.79 Å². The molecule has 0 radical (unpaired) electrons. The number of benzene rings is 2. The maximum Gasteiger partial charge on any atom is 0.240 e. The lowest BCUT2D eigenvalue weighted by atomic mass is 10.1. The molecule has 6 heteroatoms. The van der Waals surface area contributed by atoms with Gasteiger partial charge < -0.3 is 0 Å². The second-order valence-electron chi connectivity index (χ2n) is 5.47. The second kappa shape index (κ2) is 7.02. The van der Waals surface area contributed by atoms with Gasteiger partial charge >= 0.3 is 0 Å². The van der Waals surface area contributed by atoms with Crippen molar-refractivity contribution in [3.63, 3.8) is 0 Å². The monoisotopic (exact) mass is 335 g/mol. The van der Waals surface area contributed by atoms with Gasteiger partial charge in [0.2, 0.25) is 10.0 Å². The van der Waals surface area contributed by atoms with Gasteiger partial charge in [-0.1, -0.05) is 17.7 Å². The first-order valence-electron chi connectivity index (χ1n) is 7.16. The quantitative estimate of drug-likeness (QED) is 0.825. The van der Waals surface area contributed by atoms with Crippen LogP contribution in [0.4, 0.5) is 4.39 Å². The highest BCUT2D eigenvalue weighted by Gasteiger charge is 2.19. The first-order valence-corrected chi connectivity index (χ1v) is 8.64. The number of carbonyl (C=O) groups is 1. The van der Waals surface area contributed by atoms with Gasteiger partial charge in [0.15, 0.2) is 5.78 Å². The number of hydrogen-bond acceptors (Lipinski definition) is 3. The molecule has 0 unspecified atom stereocenters. The van der Waals surface area contributed by atoms with E-state index in [1.54, 1.807) is 19.1 Å². The summed E-state index contributed by atoms with van der Waals surface area (Å²) < 4.78 is 39.8. The second-order valence-corrected chi connectivity index (χ2v) is 7.18. The molecule has 1 N–H and O–H groups in total. The zero-order valence-electron chi connectivity index (χ0n) is 12.9. The lowest BCUT2D eigenvalue weighted by molar-refractivity contribution is 0.0975. The van der Waals surface area contributed by atoms with Crippen molar-refractivity contribution in [2.75, 3.05) is 0 Å². The van der Waals surface area contributed by atoms with E-state index in [0.717, 1.165) is 5.56 Å². The standard InChI is InChI=1S/C17H18FNO3S/c1-12-3-9-16(10-4-12)23(21,22)19-13(2)11-17(20)14-5-7-15(18)8-6-14/h3-10,13,19H,11H2,1-2H3/t13-/m1/s1. The van der Waals surface area contributed by atoms with Crippen LogP contribution in [0.3, 0.4) is 0 Å². The SMILES string of the molecule is Cc1ccc(S(=O)(=O)N[C@H](C)CC(=O)c2ccc(F)cc2)cc1. The van der Waals surface area contributed by atoms with Crippen LogP contribution in [0, 0.1) is 12.7 Å². The van der Waals surface area contributed by atoms with E-state index in [1.165, 1.54) is 36.4 Å². The van der Waals surface area contributed by atoms with Crippen molar-refractivity contribution >= 4 is 15.8 Å². The van der Waals surface area contributed by atoms with Crippen molar-refractivity contribution in [2.24, 2.45) is 0 Å². The summed E-state index contributed by atoms with van der Waals surface area (Å²) in [5.41, 5.74) is 1.32. The van der Waals surface area contributed by atoms with Gasteiger partial charge in [-0.15, -0.1) is 0 Å². The molecule has 0 aliphatic heterocycles. The van der Waals surface area contributed by atoms with Crippen molar-refractivity contribution in [2.45, 2.75) is 31.2 Å². The molecule has 0 bridgehead atoms. The first kappa shape index (κ1) is 17.3. The third-order valence-electron chi connectivity index (χ3n) is 3.35. The zero-order chi connectivity index (χ0) is 17.0. The number of aryl methyl sites for hydroxylation is 1. The van der Waals surface area contributed by atoms with E-state index >= 15 is 0 Å². The molecular formula is C17H18FNO3S. The maximum absolute atomic E-state index is 12.8. The van der Waals surface area contributed by atoms with Crippen LogP contribution in [-0.4, -0.2) is 20.2 Å². The van der Waals surface area contributed by atoms with Gasteiger partial charge in [-0.2, -0.15) is 0 Å². The van der Waals surface area contributed by atoms with Crippen LogP contribution in [0.25, 0.3) is 0 Å². The molecule has 0 spiro atoms. The average molecular weight is 335 g/mol. The molecule has 2 rings (SSSR count). The fourth-order valence-corrected chi connectivity index (χ4v) is 3.37. The van der Waals surface area contributed by atoms with Gasteiger partial charge in [0.25, 0.3) is 0 Å². The van der Waals surface area contributed by atoms with E-state index in [0.29, 0.717) is 5.56 Å². The summed E-state index contributed by atoms with van der Waals surface area (Å²) in [4.78, 5) is 12.2. The highest BCUT2D eigenvalue weighted by atomic mass is 32.2. The minimum Gasteiger partial charge on any atom is -0.294 e. The number of ketones is 1. The highest BCUT2D eigenvalue weighted by Crippen LogP contribution is 2.13. The largest absolute Gasteiger partial charge is 0.294 e. The van der Waals surface area contributed by atoms with Crippen LogP contribution < -0.4 is 4.72 Å². The van der Waals surface area contributed by atoms with E-state index in [-0.39, 0.29) is 17.1 Å². The Balaban J connectivity index is 2.03. The van der Waals surface area contributed by atoms with Crippen molar-refractivity contribution in [1.29, 1.82) is 0 Å². The Morgan fingerprint density at radius 2 is 1.65 bits per heavy atom. The Labute approximate surface area is 135 Å². The van der Waals surface area contributed by atoms with Gasteiger partial charge in [0, 0.05) is 18.0 Å². The molecule has 0 aliphatic rings.